The molecule has 0 aliphatic carbocycles. The zero-order valence-corrected chi connectivity index (χ0v) is 22.8. The minimum atomic E-state index is -1.41. The number of carboxylic acid groups (broad SMARTS) is 1. The van der Waals surface area contributed by atoms with Gasteiger partial charge in [-0.2, -0.15) is 0 Å². The number of aliphatic imine (C=N–C) groups is 1. The zero-order chi connectivity index (χ0) is 30.4. The lowest BCUT2D eigenvalue weighted by Crippen LogP contribution is -2.58. The third-order valence-electron chi connectivity index (χ3n) is 6.41. The number of guanidine groups is 1. The van der Waals surface area contributed by atoms with Gasteiger partial charge in [0.15, 0.2) is 5.96 Å². The summed E-state index contributed by atoms with van der Waals surface area (Å²) in [5, 5.41) is 27.6. The van der Waals surface area contributed by atoms with E-state index in [1.54, 1.807) is 6.20 Å². The Morgan fingerprint density at radius 2 is 1.54 bits per heavy atom. The minimum absolute atomic E-state index is 0.0513. The number of aromatic amines is 1. The number of rotatable bonds is 18. The lowest BCUT2D eigenvalue weighted by Gasteiger charge is -2.24. The Morgan fingerprint density at radius 1 is 0.902 bits per heavy atom. The fourth-order valence-electron chi connectivity index (χ4n) is 4.17. The van der Waals surface area contributed by atoms with E-state index in [9.17, 15) is 29.4 Å². The predicted molar refractivity (Wildman–Crippen MR) is 153 cm³/mol. The molecule has 0 saturated carbocycles. The minimum Gasteiger partial charge on any atom is -0.480 e. The maximum Gasteiger partial charge on any atom is 0.326 e. The van der Waals surface area contributed by atoms with Crippen LogP contribution in [0.5, 0.6) is 0 Å². The number of aromatic nitrogens is 1. The summed E-state index contributed by atoms with van der Waals surface area (Å²) in [6.07, 6.45) is 3.45. The summed E-state index contributed by atoms with van der Waals surface area (Å²) < 4.78 is 0. The molecule has 2 rings (SSSR count). The van der Waals surface area contributed by atoms with Crippen LogP contribution in [0.3, 0.4) is 0 Å². The van der Waals surface area contributed by atoms with Crippen LogP contribution in [0.2, 0.25) is 0 Å². The van der Waals surface area contributed by atoms with E-state index >= 15 is 0 Å². The molecule has 2 aromatic rings. The monoisotopic (exact) mass is 575 g/mol. The second kappa shape index (κ2) is 16.8. The number of unbranched alkanes of at least 4 members (excludes halogenated alkanes) is 1. The number of benzene rings is 1. The van der Waals surface area contributed by atoms with Crippen LogP contribution in [0, 0.1) is 0 Å². The summed E-state index contributed by atoms with van der Waals surface area (Å²) in [4.78, 5) is 57.4. The van der Waals surface area contributed by atoms with Crippen LogP contribution in [-0.4, -0.2) is 88.7 Å². The second-order valence-electron chi connectivity index (χ2n) is 9.61. The quantitative estimate of drug-likeness (QED) is 0.0518. The smallest absolute Gasteiger partial charge is 0.326 e. The van der Waals surface area contributed by atoms with E-state index in [0.717, 1.165) is 16.5 Å². The van der Waals surface area contributed by atoms with Crippen molar-refractivity contribution in [3.05, 3.63) is 36.0 Å². The van der Waals surface area contributed by atoms with Gasteiger partial charge in [0, 0.05) is 23.6 Å². The van der Waals surface area contributed by atoms with Crippen molar-refractivity contribution in [1.29, 1.82) is 0 Å². The molecule has 0 bridgehead atoms. The largest absolute Gasteiger partial charge is 0.480 e. The number of H-pyrrole nitrogens is 1. The Hall–Kier alpha value is -4.21. The highest BCUT2D eigenvalue weighted by molar-refractivity contribution is 5.94. The number of fused-ring (bicyclic) bond motifs is 1. The lowest BCUT2D eigenvalue weighted by molar-refractivity contribution is -0.142. The molecular formula is C26H41N9O6. The number of hydrogen-bond acceptors (Lipinski definition) is 8. The molecule has 1 aromatic carbocycles. The molecule has 14 N–H and O–H groups in total. The van der Waals surface area contributed by atoms with Gasteiger partial charge in [-0.1, -0.05) is 18.2 Å². The second-order valence-corrected chi connectivity index (χ2v) is 9.61. The number of nitrogens with one attached hydrogen (secondary N) is 4. The molecule has 41 heavy (non-hydrogen) atoms. The first-order valence-electron chi connectivity index (χ1n) is 13.4. The van der Waals surface area contributed by atoms with Crippen LogP contribution in [-0.2, 0) is 25.6 Å². The van der Waals surface area contributed by atoms with Crippen LogP contribution >= 0.6 is 0 Å². The van der Waals surface area contributed by atoms with Gasteiger partial charge in [0.05, 0.1) is 12.6 Å². The maximum absolute atomic E-state index is 13.0. The highest BCUT2D eigenvalue weighted by Crippen LogP contribution is 2.18. The van der Waals surface area contributed by atoms with Gasteiger partial charge in [-0.15, -0.1) is 0 Å². The van der Waals surface area contributed by atoms with Crippen molar-refractivity contribution in [3.63, 3.8) is 0 Å². The number of aliphatic carboxylic acids is 1. The van der Waals surface area contributed by atoms with Gasteiger partial charge in [0.1, 0.15) is 18.1 Å². The van der Waals surface area contributed by atoms with Crippen molar-refractivity contribution in [2.45, 2.75) is 62.7 Å². The van der Waals surface area contributed by atoms with Gasteiger partial charge >= 0.3 is 5.97 Å². The van der Waals surface area contributed by atoms with E-state index in [-0.39, 0.29) is 38.2 Å². The van der Waals surface area contributed by atoms with E-state index in [1.807, 2.05) is 24.3 Å². The predicted octanol–water partition coefficient (Wildman–Crippen LogP) is -2.25. The molecular weight excluding hydrogens is 534 g/mol. The summed E-state index contributed by atoms with van der Waals surface area (Å²) in [5.41, 5.74) is 23.9. The first-order valence-corrected chi connectivity index (χ1v) is 13.4. The number of carbonyl (C=O) groups excluding carboxylic acids is 3. The molecule has 0 fully saturated rings. The summed E-state index contributed by atoms with van der Waals surface area (Å²) >= 11 is 0. The van der Waals surface area contributed by atoms with E-state index < -0.39 is 54.5 Å². The Balaban J connectivity index is 2.06. The number of amides is 3. The molecule has 1 aromatic heterocycles. The van der Waals surface area contributed by atoms with Gasteiger partial charge < -0.3 is 54.1 Å². The Labute approximate surface area is 237 Å². The molecule has 0 radical (unpaired) electrons. The number of nitrogens with two attached hydrogens (primary N) is 4. The number of carbonyl (C=O) groups is 4. The topological polar surface area (TPSA) is 277 Å². The van der Waals surface area contributed by atoms with Crippen LogP contribution in [0.25, 0.3) is 10.9 Å². The molecule has 15 nitrogen and oxygen atoms in total. The molecule has 0 aliphatic heterocycles. The van der Waals surface area contributed by atoms with E-state index in [0.29, 0.717) is 19.4 Å². The van der Waals surface area contributed by atoms with Crippen LogP contribution in [0.15, 0.2) is 35.5 Å². The average Bonchev–Trinajstić information content (AvgIpc) is 3.34. The summed E-state index contributed by atoms with van der Waals surface area (Å²) in [6, 6.07) is 2.68. The van der Waals surface area contributed by atoms with Crippen molar-refractivity contribution in [2.24, 2.45) is 27.9 Å². The number of para-hydroxylation sites is 1. The van der Waals surface area contributed by atoms with Crippen LogP contribution in [0.4, 0.5) is 0 Å². The maximum atomic E-state index is 13.0. The number of carboxylic acids is 1. The summed E-state index contributed by atoms with van der Waals surface area (Å²) in [6.45, 7) is -0.232. The number of hydrogen-bond donors (Lipinski definition) is 10. The fourth-order valence-corrected chi connectivity index (χ4v) is 4.17. The molecule has 0 saturated heterocycles. The molecule has 0 aliphatic rings. The molecule has 3 amide bonds. The fraction of sp³-hybridized carbons (Fsp3) is 0.500. The van der Waals surface area contributed by atoms with Crippen molar-refractivity contribution < 1.29 is 29.4 Å². The van der Waals surface area contributed by atoms with Crippen LogP contribution < -0.4 is 38.9 Å². The van der Waals surface area contributed by atoms with Gasteiger partial charge in [0.25, 0.3) is 0 Å². The van der Waals surface area contributed by atoms with E-state index in [4.69, 9.17) is 22.9 Å². The SMILES string of the molecule is NCCCCC(NC(=O)C(CCCN=C(N)N)NC(=O)C(CO)NC(=O)C(N)Cc1c[nH]c2ccccc12)C(=O)O. The summed E-state index contributed by atoms with van der Waals surface area (Å²) in [5.74, 6) is -3.65. The Morgan fingerprint density at radius 3 is 2.20 bits per heavy atom. The Bertz CT molecular complexity index is 1200. The zero-order valence-electron chi connectivity index (χ0n) is 22.8. The highest BCUT2D eigenvalue weighted by Gasteiger charge is 2.30. The molecule has 15 heteroatoms. The first-order chi connectivity index (χ1) is 19.6. The molecule has 226 valence electrons. The van der Waals surface area contributed by atoms with Crippen molar-refractivity contribution in [1.82, 2.24) is 20.9 Å². The van der Waals surface area contributed by atoms with E-state index in [1.165, 1.54) is 0 Å². The van der Waals surface area contributed by atoms with Gasteiger partial charge in [-0.3, -0.25) is 19.4 Å². The van der Waals surface area contributed by atoms with Crippen molar-refractivity contribution in [2.75, 3.05) is 19.7 Å². The third-order valence-corrected chi connectivity index (χ3v) is 6.41. The Kier molecular flexibility index (Phi) is 13.5. The summed E-state index contributed by atoms with van der Waals surface area (Å²) in [7, 11) is 0. The first kappa shape index (κ1) is 33.0. The lowest BCUT2D eigenvalue weighted by atomic mass is 10.0. The average molecular weight is 576 g/mol. The standard InChI is InChI=1S/C26H41N9O6/c27-10-4-3-8-20(25(40)41)34-23(38)19(9-5-11-31-26(29)30)33-24(39)21(14-36)35-22(37)17(28)12-15-13-32-18-7-2-1-6-16(15)18/h1-2,6-7,13,17,19-21,32,36H,3-5,8-12,14,27-28H2,(H,33,39)(H,34,38)(H,35,37)(H,40,41)(H4,29,30,31). The molecule has 1 heterocycles. The number of aliphatic hydroxyl groups excluding tert-OH is 1. The third kappa shape index (κ3) is 10.7. The normalized spacial score (nSPS) is 13.9. The van der Waals surface area contributed by atoms with Gasteiger partial charge in [0.2, 0.25) is 17.7 Å². The van der Waals surface area contributed by atoms with E-state index in [2.05, 4.69) is 25.9 Å². The van der Waals surface area contributed by atoms with Crippen molar-refractivity contribution in [3.8, 4) is 0 Å². The highest BCUT2D eigenvalue weighted by atomic mass is 16.4. The number of aliphatic hydroxyl groups is 1. The molecule has 4 unspecified atom stereocenters. The van der Waals surface area contributed by atoms with Gasteiger partial charge in [-0.05, 0) is 56.7 Å². The van der Waals surface area contributed by atoms with Crippen LogP contribution in [0.1, 0.15) is 37.7 Å². The molecule has 0 spiro atoms. The number of nitrogens with zero attached hydrogens (tertiary/aromatic N) is 1. The molecule has 4 atom stereocenters. The van der Waals surface area contributed by atoms with Gasteiger partial charge in [-0.25, -0.2) is 4.79 Å². The van der Waals surface area contributed by atoms with Crippen molar-refractivity contribution >= 4 is 40.6 Å².